The van der Waals surface area contributed by atoms with Gasteiger partial charge in [-0.15, -0.1) is 0 Å². The van der Waals surface area contributed by atoms with Crippen molar-refractivity contribution in [3.05, 3.63) is 65.2 Å². The van der Waals surface area contributed by atoms with Gasteiger partial charge in [-0.1, -0.05) is 6.07 Å². The van der Waals surface area contributed by atoms with Crippen molar-refractivity contribution in [3.8, 4) is 5.75 Å². The molecule has 0 bridgehead atoms. The van der Waals surface area contributed by atoms with Crippen LogP contribution >= 0.6 is 0 Å². The van der Waals surface area contributed by atoms with Crippen molar-refractivity contribution < 1.29 is 23.0 Å². The fourth-order valence-corrected chi connectivity index (χ4v) is 2.50. The minimum absolute atomic E-state index is 0.200. The molecule has 23 heavy (non-hydrogen) atoms. The van der Waals surface area contributed by atoms with Crippen LogP contribution in [-0.2, 0) is 4.74 Å². The molecule has 2 aromatic carbocycles. The highest BCUT2D eigenvalue weighted by atomic mass is 19.1. The maximum absolute atomic E-state index is 13.7. The van der Waals surface area contributed by atoms with Gasteiger partial charge >= 0.3 is 0 Å². The van der Waals surface area contributed by atoms with Crippen LogP contribution in [0.3, 0.4) is 0 Å². The molecule has 2 aromatic rings. The van der Waals surface area contributed by atoms with Gasteiger partial charge in [0.2, 0.25) is 0 Å². The van der Waals surface area contributed by atoms with Crippen LogP contribution in [0.25, 0.3) is 0 Å². The molecule has 0 saturated carbocycles. The Morgan fingerprint density at radius 1 is 1.04 bits per heavy atom. The zero-order valence-corrected chi connectivity index (χ0v) is 12.4. The maximum Gasteiger partial charge on any atom is 0.199 e. The summed E-state index contributed by atoms with van der Waals surface area (Å²) in [5, 5.41) is 0. The monoisotopic (exact) mass is 318 g/mol. The van der Waals surface area contributed by atoms with Crippen molar-refractivity contribution in [1.82, 2.24) is 0 Å². The molecule has 3 nitrogen and oxygen atoms in total. The fraction of sp³-hybridized carbons (Fsp3) is 0.278. The Morgan fingerprint density at radius 3 is 2.35 bits per heavy atom. The minimum Gasteiger partial charge on any atom is -0.465 e. The van der Waals surface area contributed by atoms with Gasteiger partial charge in [0.05, 0.1) is 12.2 Å². The average Bonchev–Trinajstić information content (AvgIpc) is 2.56. The number of carbonyl (C=O) groups excluding carboxylic acids is 1. The predicted octanol–water partition coefficient (Wildman–Crippen LogP) is 4.10. The van der Waals surface area contributed by atoms with Gasteiger partial charge in [0, 0.05) is 12.0 Å². The number of hydrogen-bond donors (Lipinski definition) is 0. The molecule has 1 unspecified atom stereocenters. The number of ketones is 1. The Kier molecular flexibility index (Phi) is 4.67. The van der Waals surface area contributed by atoms with E-state index in [1.165, 1.54) is 18.2 Å². The Morgan fingerprint density at radius 2 is 1.74 bits per heavy atom. The van der Waals surface area contributed by atoms with Crippen LogP contribution in [0, 0.1) is 11.6 Å². The lowest BCUT2D eigenvalue weighted by atomic mass is 10.0. The summed E-state index contributed by atoms with van der Waals surface area (Å²) in [6.07, 6.45) is 2.62. The molecule has 5 heteroatoms. The van der Waals surface area contributed by atoms with E-state index in [0.717, 1.165) is 31.4 Å². The van der Waals surface area contributed by atoms with Crippen LogP contribution in [0.2, 0.25) is 0 Å². The third-order valence-electron chi connectivity index (χ3n) is 3.71. The third-order valence-corrected chi connectivity index (χ3v) is 3.71. The van der Waals surface area contributed by atoms with Crippen molar-refractivity contribution in [2.45, 2.75) is 25.6 Å². The van der Waals surface area contributed by atoms with E-state index in [-0.39, 0.29) is 11.9 Å². The van der Waals surface area contributed by atoms with Gasteiger partial charge in [0.1, 0.15) is 17.4 Å². The van der Waals surface area contributed by atoms with Crippen LogP contribution in [-0.4, -0.2) is 18.7 Å². The Balaban J connectivity index is 1.75. The second-order valence-electron chi connectivity index (χ2n) is 5.36. The molecule has 1 heterocycles. The average molecular weight is 318 g/mol. The van der Waals surface area contributed by atoms with Crippen molar-refractivity contribution >= 4 is 5.78 Å². The van der Waals surface area contributed by atoms with Crippen molar-refractivity contribution in [2.75, 3.05) is 6.61 Å². The first-order chi connectivity index (χ1) is 11.1. The van der Waals surface area contributed by atoms with Crippen LogP contribution in [0.15, 0.2) is 42.5 Å². The minimum atomic E-state index is -0.870. The summed E-state index contributed by atoms with van der Waals surface area (Å²) in [5.74, 6) is -1.87. The van der Waals surface area contributed by atoms with E-state index < -0.39 is 23.0 Å². The Labute approximate surface area is 132 Å². The zero-order valence-electron chi connectivity index (χ0n) is 12.4. The number of rotatable bonds is 4. The normalized spacial score (nSPS) is 17.7. The summed E-state index contributed by atoms with van der Waals surface area (Å²) in [6.45, 7) is 0.674. The molecule has 120 valence electrons. The molecule has 0 radical (unpaired) electrons. The van der Waals surface area contributed by atoms with Gasteiger partial charge in [-0.2, -0.15) is 0 Å². The van der Waals surface area contributed by atoms with Gasteiger partial charge in [0.15, 0.2) is 12.1 Å². The van der Waals surface area contributed by atoms with E-state index in [2.05, 4.69) is 0 Å². The summed E-state index contributed by atoms with van der Waals surface area (Å²) in [4.78, 5) is 12.2. The number of ether oxygens (including phenoxy) is 2. The molecular formula is C18H16F2O3. The molecule has 0 aromatic heterocycles. The van der Waals surface area contributed by atoms with Crippen LogP contribution in [0.1, 0.15) is 35.2 Å². The maximum atomic E-state index is 13.7. The lowest BCUT2D eigenvalue weighted by molar-refractivity contribution is -0.105. The smallest absolute Gasteiger partial charge is 0.199 e. The van der Waals surface area contributed by atoms with E-state index in [1.807, 2.05) is 0 Å². The first kappa shape index (κ1) is 15.6. The standard InChI is InChI=1S/C18H16F2O3/c19-14-4-3-5-15(20)17(14)18(21)12-7-9-13(10-8-12)23-16-6-1-2-11-22-16/h3-5,7-10,16H,1-2,6,11H2. The van der Waals surface area contributed by atoms with Crippen LogP contribution in [0.5, 0.6) is 5.75 Å². The Hall–Kier alpha value is -2.27. The molecule has 1 fully saturated rings. The third kappa shape index (κ3) is 3.56. The first-order valence-electron chi connectivity index (χ1n) is 7.52. The SMILES string of the molecule is O=C(c1ccc(OC2CCCCO2)cc1)c1c(F)cccc1F. The van der Waals surface area contributed by atoms with E-state index >= 15 is 0 Å². The highest BCUT2D eigenvalue weighted by Gasteiger charge is 2.19. The summed E-state index contributed by atoms with van der Waals surface area (Å²) < 4.78 is 38.5. The van der Waals surface area contributed by atoms with E-state index in [9.17, 15) is 13.6 Å². The van der Waals surface area contributed by atoms with Crippen LogP contribution in [0.4, 0.5) is 8.78 Å². The van der Waals surface area contributed by atoms with Crippen LogP contribution < -0.4 is 4.74 Å². The van der Waals surface area contributed by atoms with Crippen molar-refractivity contribution in [2.24, 2.45) is 0 Å². The molecule has 0 aliphatic carbocycles. The number of hydrogen-bond acceptors (Lipinski definition) is 3. The molecular weight excluding hydrogens is 302 g/mol. The Bertz CT molecular complexity index is 672. The van der Waals surface area contributed by atoms with Gasteiger partial charge in [-0.05, 0) is 49.2 Å². The van der Waals surface area contributed by atoms with Crippen molar-refractivity contribution in [1.29, 1.82) is 0 Å². The molecule has 0 spiro atoms. The lowest BCUT2D eigenvalue weighted by Crippen LogP contribution is -2.24. The van der Waals surface area contributed by atoms with E-state index in [0.29, 0.717) is 12.4 Å². The predicted molar refractivity (Wildman–Crippen MR) is 80.5 cm³/mol. The summed E-state index contributed by atoms with van der Waals surface area (Å²) >= 11 is 0. The summed E-state index contributed by atoms with van der Waals surface area (Å²) in [6, 6.07) is 9.54. The quantitative estimate of drug-likeness (QED) is 0.796. The molecule has 0 N–H and O–H groups in total. The highest BCUT2D eigenvalue weighted by molar-refractivity contribution is 6.09. The van der Waals surface area contributed by atoms with Gasteiger partial charge in [-0.3, -0.25) is 4.79 Å². The van der Waals surface area contributed by atoms with Gasteiger partial charge in [0.25, 0.3) is 0 Å². The second kappa shape index (κ2) is 6.87. The lowest BCUT2D eigenvalue weighted by Gasteiger charge is -2.23. The second-order valence-corrected chi connectivity index (χ2v) is 5.36. The van der Waals surface area contributed by atoms with Crippen molar-refractivity contribution in [3.63, 3.8) is 0 Å². The van der Waals surface area contributed by atoms with Gasteiger partial charge < -0.3 is 9.47 Å². The highest BCUT2D eigenvalue weighted by Crippen LogP contribution is 2.22. The molecule has 1 aliphatic rings. The fourth-order valence-electron chi connectivity index (χ4n) is 2.50. The number of halogens is 2. The molecule has 0 amide bonds. The molecule has 1 aliphatic heterocycles. The largest absolute Gasteiger partial charge is 0.465 e. The molecule has 1 atom stereocenters. The first-order valence-corrected chi connectivity index (χ1v) is 7.52. The topological polar surface area (TPSA) is 35.5 Å². The van der Waals surface area contributed by atoms with E-state index in [4.69, 9.17) is 9.47 Å². The molecule has 1 saturated heterocycles. The number of benzene rings is 2. The molecule has 3 rings (SSSR count). The summed E-state index contributed by atoms with van der Waals surface area (Å²) in [7, 11) is 0. The van der Waals surface area contributed by atoms with Gasteiger partial charge in [-0.25, -0.2) is 8.78 Å². The summed E-state index contributed by atoms with van der Waals surface area (Å²) in [5.41, 5.74) is -0.345. The zero-order chi connectivity index (χ0) is 16.2. The number of carbonyl (C=O) groups is 1. The van der Waals surface area contributed by atoms with E-state index in [1.54, 1.807) is 12.1 Å².